The molecule has 33 heavy (non-hydrogen) atoms. The molecule has 0 bridgehead atoms. The summed E-state index contributed by atoms with van der Waals surface area (Å²) < 4.78 is 27.9. The SMILES string of the molecule is OCCOc1ccc(C(C2=CCC(OCC3CO3)C=C2)C2=CC=C(OCC3CO3)CC2)cc1. The summed E-state index contributed by atoms with van der Waals surface area (Å²) in [5.74, 6) is 1.97. The van der Waals surface area contributed by atoms with Crippen molar-refractivity contribution < 1.29 is 28.8 Å². The van der Waals surface area contributed by atoms with Gasteiger partial charge in [0.25, 0.3) is 0 Å². The molecule has 0 spiro atoms. The van der Waals surface area contributed by atoms with Crippen molar-refractivity contribution in [3.05, 3.63) is 77.1 Å². The predicted molar refractivity (Wildman–Crippen MR) is 124 cm³/mol. The molecule has 4 atom stereocenters. The van der Waals surface area contributed by atoms with Gasteiger partial charge in [-0.15, -0.1) is 0 Å². The van der Waals surface area contributed by atoms with Crippen LogP contribution in [-0.4, -0.2) is 63.1 Å². The Kier molecular flexibility index (Phi) is 7.27. The fourth-order valence-electron chi connectivity index (χ4n) is 4.25. The van der Waals surface area contributed by atoms with E-state index in [1.54, 1.807) is 0 Å². The summed E-state index contributed by atoms with van der Waals surface area (Å²) in [6.07, 6.45) is 14.4. The van der Waals surface area contributed by atoms with Crippen LogP contribution in [0.1, 0.15) is 30.7 Å². The summed E-state index contributed by atoms with van der Waals surface area (Å²) in [6.45, 7) is 3.26. The van der Waals surface area contributed by atoms with Crippen molar-refractivity contribution in [1.29, 1.82) is 0 Å². The third-order valence-electron chi connectivity index (χ3n) is 6.27. The highest BCUT2D eigenvalue weighted by Crippen LogP contribution is 2.40. The minimum atomic E-state index is 0.00859. The van der Waals surface area contributed by atoms with E-state index < -0.39 is 0 Å². The first-order valence-electron chi connectivity index (χ1n) is 11.9. The smallest absolute Gasteiger partial charge is 0.119 e. The van der Waals surface area contributed by atoms with Crippen LogP contribution < -0.4 is 4.74 Å². The van der Waals surface area contributed by atoms with Gasteiger partial charge in [-0.2, -0.15) is 0 Å². The topological polar surface area (TPSA) is 73.0 Å². The number of aliphatic hydroxyl groups is 1. The first-order chi connectivity index (χ1) is 16.3. The van der Waals surface area contributed by atoms with Gasteiger partial charge in [-0.3, -0.25) is 0 Å². The van der Waals surface area contributed by atoms with E-state index >= 15 is 0 Å². The van der Waals surface area contributed by atoms with Gasteiger partial charge in [0.15, 0.2) is 0 Å². The van der Waals surface area contributed by atoms with Gasteiger partial charge in [0.05, 0.1) is 38.3 Å². The van der Waals surface area contributed by atoms with Gasteiger partial charge in [-0.25, -0.2) is 0 Å². The molecule has 1 N–H and O–H groups in total. The molecule has 0 amide bonds. The summed E-state index contributed by atoms with van der Waals surface area (Å²) in [6, 6.07) is 8.21. The van der Waals surface area contributed by atoms with Crippen molar-refractivity contribution in [2.45, 2.75) is 43.5 Å². The van der Waals surface area contributed by atoms with Crippen LogP contribution in [0.3, 0.4) is 0 Å². The molecule has 1 aromatic rings. The van der Waals surface area contributed by atoms with Crippen LogP contribution in [0.5, 0.6) is 5.75 Å². The molecule has 2 heterocycles. The molecule has 0 aromatic heterocycles. The number of epoxide rings is 2. The number of rotatable bonds is 12. The van der Waals surface area contributed by atoms with Gasteiger partial charge < -0.3 is 28.8 Å². The molecule has 2 saturated heterocycles. The third kappa shape index (κ3) is 6.36. The molecule has 2 aliphatic carbocycles. The number of aliphatic hydroxyl groups excluding tert-OH is 1. The van der Waals surface area contributed by atoms with Crippen molar-refractivity contribution in [2.75, 3.05) is 39.6 Å². The molecule has 2 fully saturated rings. The molecule has 6 heteroatoms. The molecule has 6 nitrogen and oxygen atoms in total. The Labute approximate surface area is 195 Å². The van der Waals surface area contributed by atoms with E-state index in [1.807, 2.05) is 12.1 Å². The second kappa shape index (κ2) is 10.7. The molecule has 4 unspecified atom stereocenters. The van der Waals surface area contributed by atoms with E-state index in [9.17, 15) is 0 Å². The van der Waals surface area contributed by atoms with E-state index in [2.05, 4.69) is 42.5 Å². The van der Waals surface area contributed by atoms with Crippen LogP contribution >= 0.6 is 0 Å². The highest BCUT2D eigenvalue weighted by atomic mass is 16.6. The van der Waals surface area contributed by atoms with E-state index in [0.29, 0.717) is 19.8 Å². The number of hydrogen-bond donors (Lipinski definition) is 1. The van der Waals surface area contributed by atoms with Crippen LogP contribution in [0.2, 0.25) is 0 Å². The highest BCUT2D eigenvalue weighted by Gasteiger charge is 2.27. The lowest BCUT2D eigenvalue weighted by Crippen LogP contribution is -2.17. The van der Waals surface area contributed by atoms with Crippen LogP contribution in [-0.2, 0) is 18.9 Å². The quantitative estimate of drug-likeness (QED) is 0.486. The van der Waals surface area contributed by atoms with E-state index in [4.69, 9.17) is 28.8 Å². The zero-order valence-corrected chi connectivity index (χ0v) is 18.9. The van der Waals surface area contributed by atoms with Crippen LogP contribution in [0.25, 0.3) is 0 Å². The zero-order chi connectivity index (χ0) is 22.5. The molecule has 0 radical (unpaired) electrons. The lowest BCUT2D eigenvalue weighted by molar-refractivity contribution is 0.0730. The Hall–Kier alpha value is -2.38. The average molecular weight is 453 g/mol. The van der Waals surface area contributed by atoms with Gasteiger partial charge in [0, 0.05) is 12.3 Å². The average Bonchev–Trinajstić information content (AvgIpc) is 3.78. The number of hydrogen-bond acceptors (Lipinski definition) is 6. The maximum absolute atomic E-state index is 9.01. The first-order valence-corrected chi connectivity index (χ1v) is 11.9. The van der Waals surface area contributed by atoms with Crippen LogP contribution in [0.15, 0.2) is 71.6 Å². The maximum atomic E-state index is 9.01. The van der Waals surface area contributed by atoms with Crippen molar-refractivity contribution in [3.63, 3.8) is 0 Å². The second-order valence-corrected chi connectivity index (χ2v) is 8.84. The number of ether oxygens (including phenoxy) is 5. The molecule has 0 saturated carbocycles. The van der Waals surface area contributed by atoms with Crippen molar-refractivity contribution >= 4 is 0 Å². The van der Waals surface area contributed by atoms with E-state index in [1.165, 1.54) is 16.7 Å². The monoisotopic (exact) mass is 452 g/mol. The summed E-state index contributed by atoms with van der Waals surface area (Å²) in [5.41, 5.74) is 3.89. The van der Waals surface area contributed by atoms with Gasteiger partial charge in [0.1, 0.15) is 31.2 Å². The van der Waals surface area contributed by atoms with E-state index in [-0.39, 0.29) is 30.8 Å². The fraction of sp³-hybridized carbons (Fsp3) is 0.481. The molecule has 5 rings (SSSR count). The minimum Gasteiger partial charge on any atom is -0.495 e. The summed E-state index contributed by atoms with van der Waals surface area (Å²) >= 11 is 0. The second-order valence-electron chi connectivity index (χ2n) is 8.84. The standard InChI is InChI=1S/C27H32O6/c28-13-14-29-22-7-1-19(2-8-22)27(20-3-9-23(10-4-20)30-15-25-17-32-25)21-5-11-24(12-6-21)31-16-26-18-33-26/h1-5,7-9,11,23,25-28H,6,10,12-18H2. The third-order valence-corrected chi connectivity index (χ3v) is 6.27. The zero-order valence-electron chi connectivity index (χ0n) is 18.9. The highest BCUT2D eigenvalue weighted by molar-refractivity contribution is 5.47. The Morgan fingerprint density at radius 2 is 1.76 bits per heavy atom. The van der Waals surface area contributed by atoms with Gasteiger partial charge in [-0.1, -0.05) is 42.0 Å². The molecular weight excluding hydrogens is 420 g/mol. The summed E-state index contributed by atoms with van der Waals surface area (Å²) in [7, 11) is 0. The first kappa shape index (κ1) is 22.4. The summed E-state index contributed by atoms with van der Waals surface area (Å²) in [5, 5.41) is 9.01. The Morgan fingerprint density at radius 3 is 2.39 bits per heavy atom. The molecule has 176 valence electrons. The molecule has 4 aliphatic rings. The Balaban J connectivity index is 1.31. The molecule has 2 aliphatic heterocycles. The van der Waals surface area contributed by atoms with Gasteiger partial charge >= 0.3 is 0 Å². The Bertz CT molecular complexity index is 920. The normalized spacial score (nSPS) is 26.7. The maximum Gasteiger partial charge on any atom is 0.119 e. The Morgan fingerprint density at radius 1 is 0.970 bits per heavy atom. The predicted octanol–water partition coefficient (Wildman–Crippen LogP) is 3.83. The largest absolute Gasteiger partial charge is 0.495 e. The lowest BCUT2D eigenvalue weighted by Gasteiger charge is -2.28. The van der Waals surface area contributed by atoms with Gasteiger partial charge in [0.2, 0.25) is 0 Å². The molecular formula is C27H32O6. The fourth-order valence-corrected chi connectivity index (χ4v) is 4.25. The lowest BCUT2D eigenvalue weighted by atomic mass is 9.79. The number of allylic oxidation sites excluding steroid dienone is 6. The van der Waals surface area contributed by atoms with E-state index in [0.717, 1.165) is 44.0 Å². The van der Waals surface area contributed by atoms with Crippen LogP contribution in [0, 0.1) is 0 Å². The van der Waals surface area contributed by atoms with Crippen molar-refractivity contribution in [3.8, 4) is 5.75 Å². The van der Waals surface area contributed by atoms with Crippen molar-refractivity contribution in [2.24, 2.45) is 0 Å². The number of benzene rings is 1. The summed E-state index contributed by atoms with van der Waals surface area (Å²) in [4.78, 5) is 0. The van der Waals surface area contributed by atoms with Crippen LogP contribution in [0.4, 0.5) is 0 Å². The molecule has 1 aromatic carbocycles. The van der Waals surface area contributed by atoms with Crippen molar-refractivity contribution in [1.82, 2.24) is 0 Å². The minimum absolute atomic E-state index is 0.00859. The van der Waals surface area contributed by atoms with Gasteiger partial charge in [-0.05, 0) is 42.2 Å².